The van der Waals surface area contributed by atoms with Crippen LogP contribution in [0.4, 0.5) is 5.69 Å². The number of nitrogens with zero attached hydrogens (tertiary/aromatic N) is 2. The quantitative estimate of drug-likeness (QED) is 0.744. The Kier molecular flexibility index (Phi) is 6.57. The summed E-state index contributed by atoms with van der Waals surface area (Å²) in [5.41, 5.74) is 0.358. The van der Waals surface area contributed by atoms with E-state index in [0.29, 0.717) is 24.5 Å². The van der Waals surface area contributed by atoms with Crippen LogP contribution in [0.2, 0.25) is 0 Å². The predicted molar refractivity (Wildman–Crippen MR) is 109 cm³/mol. The molecule has 0 aromatic heterocycles. The first kappa shape index (κ1) is 20.2. The average molecular weight is 403 g/mol. The number of rotatable bonds is 6. The summed E-state index contributed by atoms with van der Waals surface area (Å²) in [5.74, 6) is 0.220. The van der Waals surface area contributed by atoms with E-state index in [1.54, 1.807) is 47.4 Å². The molecule has 2 aromatic carbocycles. The molecule has 1 saturated heterocycles. The Morgan fingerprint density at radius 3 is 2.21 bits per heavy atom. The second-order valence-electron chi connectivity index (χ2n) is 6.79. The van der Waals surface area contributed by atoms with Gasteiger partial charge in [-0.1, -0.05) is 43.2 Å². The summed E-state index contributed by atoms with van der Waals surface area (Å²) >= 11 is 0. The largest absolute Gasteiger partial charge is 0.495 e. The van der Waals surface area contributed by atoms with Gasteiger partial charge in [0.15, 0.2) is 0 Å². The van der Waals surface area contributed by atoms with Crippen LogP contribution in [0, 0.1) is 0 Å². The predicted octanol–water partition coefficient (Wildman–Crippen LogP) is 3.29. The first-order valence-electron chi connectivity index (χ1n) is 9.52. The van der Waals surface area contributed by atoms with Crippen LogP contribution in [0.5, 0.6) is 5.75 Å². The second-order valence-corrected chi connectivity index (χ2v) is 8.65. The topological polar surface area (TPSA) is 66.9 Å². The van der Waals surface area contributed by atoms with Gasteiger partial charge in [0.05, 0.1) is 17.7 Å². The monoisotopic (exact) mass is 402 g/mol. The first-order chi connectivity index (χ1) is 13.5. The Labute approximate surface area is 166 Å². The molecule has 150 valence electrons. The van der Waals surface area contributed by atoms with Gasteiger partial charge in [0, 0.05) is 13.1 Å². The highest BCUT2D eigenvalue weighted by molar-refractivity contribution is 7.92. The number of likely N-dealkylation sites (tertiary alicyclic amines) is 1. The van der Waals surface area contributed by atoms with Crippen LogP contribution in [0.15, 0.2) is 59.5 Å². The lowest BCUT2D eigenvalue weighted by atomic mass is 10.2. The average Bonchev–Trinajstić information content (AvgIpc) is 3.02. The van der Waals surface area contributed by atoms with Crippen molar-refractivity contribution in [1.82, 2.24) is 4.90 Å². The van der Waals surface area contributed by atoms with Crippen molar-refractivity contribution in [3.05, 3.63) is 54.6 Å². The third kappa shape index (κ3) is 4.47. The molecule has 0 aliphatic carbocycles. The van der Waals surface area contributed by atoms with E-state index < -0.39 is 10.0 Å². The fourth-order valence-electron chi connectivity index (χ4n) is 3.40. The maximum atomic E-state index is 13.4. The van der Waals surface area contributed by atoms with Gasteiger partial charge in [0.1, 0.15) is 12.3 Å². The number of methoxy groups -OCH3 is 1. The van der Waals surface area contributed by atoms with Crippen LogP contribution in [0.25, 0.3) is 0 Å². The van der Waals surface area contributed by atoms with Gasteiger partial charge in [-0.3, -0.25) is 9.10 Å². The highest BCUT2D eigenvalue weighted by atomic mass is 32.2. The molecular formula is C21H26N2O4S. The Bertz CT molecular complexity index is 892. The van der Waals surface area contributed by atoms with E-state index in [-0.39, 0.29) is 17.3 Å². The Morgan fingerprint density at radius 1 is 0.964 bits per heavy atom. The Hall–Kier alpha value is -2.54. The minimum atomic E-state index is -3.92. The third-order valence-corrected chi connectivity index (χ3v) is 6.70. The first-order valence-corrected chi connectivity index (χ1v) is 11.0. The lowest BCUT2D eigenvalue weighted by Gasteiger charge is -2.28. The van der Waals surface area contributed by atoms with Gasteiger partial charge in [-0.15, -0.1) is 0 Å². The molecule has 0 atom stereocenters. The second kappa shape index (κ2) is 9.10. The Balaban J connectivity index is 1.98. The molecule has 6 nitrogen and oxygen atoms in total. The molecule has 1 fully saturated rings. The van der Waals surface area contributed by atoms with Crippen molar-refractivity contribution in [3.63, 3.8) is 0 Å². The van der Waals surface area contributed by atoms with Gasteiger partial charge in [-0.2, -0.15) is 0 Å². The zero-order chi connectivity index (χ0) is 20.0. The number of carbonyl (C=O) groups excluding carboxylic acids is 1. The lowest BCUT2D eigenvalue weighted by Crippen LogP contribution is -2.43. The van der Waals surface area contributed by atoms with E-state index in [1.165, 1.54) is 19.2 Å². The molecule has 1 aliphatic heterocycles. The molecule has 28 heavy (non-hydrogen) atoms. The molecule has 0 spiro atoms. The summed E-state index contributed by atoms with van der Waals surface area (Å²) < 4.78 is 33.3. The summed E-state index contributed by atoms with van der Waals surface area (Å²) in [5, 5.41) is 0. The number of amides is 1. The molecule has 1 amide bonds. The number of hydrogen-bond donors (Lipinski definition) is 0. The molecule has 0 saturated carbocycles. The van der Waals surface area contributed by atoms with Crippen LogP contribution >= 0.6 is 0 Å². The fourth-order valence-corrected chi connectivity index (χ4v) is 4.84. The molecule has 1 aliphatic rings. The van der Waals surface area contributed by atoms with Crippen molar-refractivity contribution in [3.8, 4) is 5.75 Å². The maximum Gasteiger partial charge on any atom is 0.264 e. The van der Waals surface area contributed by atoms with E-state index in [2.05, 4.69) is 0 Å². The van der Waals surface area contributed by atoms with Gasteiger partial charge in [-0.05, 0) is 37.1 Å². The van der Waals surface area contributed by atoms with E-state index >= 15 is 0 Å². The summed E-state index contributed by atoms with van der Waals surface area (Å²) in [7, 11) is -2.43. The van der Waals surface area contributed by atoms with E-state index in [4.69, 9.17) is 4.74 Å². The molecule has 2 aromatic rings. The van der Waals surface area contributed by atoms with Crippen molar-refractivity contribution in [2.24, 2.45) is 0 Å². The van der Waals surface area contributed by atoms with E-state index in [9.17, 15) is 13.2 Å². The van der Waals surface area contributed by atoms with Crippen molar-refractivity contribution in [2.75, 3.05) is 31.0 Å². The van der Waals surface area contributed by atoms with Crippen molar-refractivity contribution < 1.29 is 17.9 Å². The smallest absolute Gasteiger partial charge is 0.264 e. The summed E-state index contributed by atoms with van der Waals surface area (Å²) in [6.45, 7) is 1.09. The Morgan fingerprint density at radius 2 is 1.57 bits per heavy atom. The zero-order valence-corrected chi connectivity index (χ0v) is 16.9. The molecule has 0 unspecified atom stereocenters. The highest BCUT2D eigenvalue weighted by Crippen LogP contribution is 2.32. The van der Waals surface area contributed by atoms with Crippen molar-refractivity contribution >= 4 is 21.6 Å². The summed E-state index contributed by atoms with van der Waals surface area (Å²) in [4.78, 5) is 14.9. The normalized spacial score (nSPS) is 15.0. The molecule has 3 rings (SSSR count). The number of ether oxygens (including phenoxy) is 1. The molecule has 0 radical (unpaired) electrons. The molecule has 1 heterocycles. The van der Waals surface area contributed by atoms with Gasteiger partial charge in [-0.25, -0.2) is 8.42 Å². The minimum absolute atomic E-state index is 0.143. The number of para-hydroxylation sites is 2. The standard InChI is InChI=1S/C21H26N2O4S/c1-27-20-14-8-7-13-19(20)23(28(25,26)18-11-5-4-6-12-18)17-21(24)22-15-9-2-3-10-16-22/h4-8,11-14H,2-3,9-10,15-17H2,1H3. The van der Waals surface area contributed by atoms with Crippen molar-refractivity contribution in [2.45, 2.75) is 30.6 Å². The number of carbonyl (C=O) groups is 1. The molecule has 0 bridgehead atoms. The van der Waals surface area contributed by atoms with Gasteiger partial charge >= 0.3 is 0 Å². The number of anilines is 1. The summed E-state index contributed by atoms with van der Waals surface area (Å²) in [6.07, 6.45) is 4.10. The van der Waals surface area contributed by atoms with Crippen LogP contribution in [-0.4, -0.2) is 46.0 Å². The zero-order valence-electron chi connectivity index (χ0n) is 16.1. The number of benzene rings is 2. The van der Waals surface area contributed by atoms with Crippen LogP contribution in [0.3, 0.4) is 0 Å². The summed E-state index contributed by atoms with van der Waals surface area (Å²) in [6, 6.07) is 15.0. The van der Waals surface area contributed by atoms with E-state index in [1.807, 2.05) is 0 Å². The minimum Gasteiger partial charge on any atom is -0.495 e. The SMILES string of the molecule is COc1ccccc1N(CC(=O)N1CCCCCC1)S(=O)(=O)c1ccccc1. The van der Waals surface area contributed by atoms with E-state index in [0.717, 1.165) is 30.0 Å². The van der Waals surface area contributed by atoms with Crippen molar-refractivity contribution in [1.29, 1.82) is 0 Å². The van der Waals surface area contributed by atoms with Crippen LogP contribution in [-0.2, 0) is 14.8 Å². The van der Waals surface area contributed by atoms with Gasteiger partial charge < -0.3 is 9.64 Å². The van der Waals surface area contributed by atoms with Gasteiger partial charge in [0.2, 0.25) is 5.91 Å². The van der Waals surface area contributed by atoms with Crippen LogP contribution in [0.1, 0.15) is 25.7 Å². The number of hydrogen-bond acceptors (Lipinski definition) is 4. The molecule has 0 N–H and O–H groups in total. The number of sulfonamides is 1. The highest BCUT2D eigenvalue weighted by Gasteiger charge is 2.30. The third-order valence-electron chi connectivity index (χ3n) is 4.92. The molecule has 7 heteroatoms. The van der Waals surface area contributed by atoms with Gasteiger partial charge in [0.25, 0.3) is 10.0 Å². The fraction of sp³-hybridized carbons (Fsp3) is 0.381. The maximum absolute atomic E-state index is 13.4. The molecular weight excluding hydrogens is 376 g/mol. The van der Waals surface area contributed by atoms with Crippen LogP contribution < -0.4 is 9.04 Å². The lowest BCUT2D eigenvalue weighted by molar-refractivity contribution is -0.129.